The molecule has 0 radical (unpaired) electrons. The normalized spacial score (nSPS) is 29.6. The Bertz CT molecular complexity index is 425. The third-order valence-corrected chi connectivity index (χ3v) is 4.17. The summed E-state index contributed by atoms with van der Waals surface area (Å²) in [6, 6.07) is -1.02. The van der Waals surface area contributed by atoms with Gasteiger partial charge >= 0.3 is 18.0 Å². The van der Waals surface area contributed by atoms with Gasteiger partial charge in [0.05, 0.1) is 13.0 Å². The van der Waals surface area contributed by atoms with E-state index in [0.29, 0.717) is 32.5 Å². The van der Waals surface area contributed by atoms with Crippen molar-refractivity contribution in [3.63, 3.8) is 0 Å². The number of amides is 2. The molecule has 20 heavy (non-hydrogen) atoms. The fraction of sp³-hybridized carbons (Fsp3) is 0.769. The van der Waals surface area contributed by atoms with Gasteiger partial charge < -0.3 is 19.6 Å². The smallest absolute Gasteiger partial charge is 0.326 e. The molecule has 2 heterocycles. The predicted molar refractivity (Wildman–Crippen MR) is 69.0 cm³/mol. The minimum atomic E-state index is -0.965. The largest absolute Gasteiger partial charge is 0.480 e. The molecule has 1 N–H and O–H groups in total. The van der Waals surface area contributed by atoms with Crippen LogP contribution in [0.1, 0.15) is 19.8 Å². The first-order valence-electron chi connectivity index (χ1n) is 6.82. The van der Waals surface area contributed by atoms with E-state index in [0.717, 1.165) is 0 Å². The van der Waals surface area contributed by atoms with Crippen LogP contribution in [0.25, 0.3) is 0 Å². The number of ether oxygens (including phenoxy) is 1. The third-order valence-electron chi connectivity index (χ3n) is 4.17. The summed E-state index contributed by atoms with van der Waals surface area (Å²) in [5.41, 5.74) is 0. The summed E-state index contributed by atoms with van der Waals surface area (Å²) in [7, 11) is 1.33. The minimum absolute atomic E-state index is 0.0253. The molecule has 7 heteroatoms. The Morgan fingerprint density at radius 1 is 1.25 bits per heavy atom. The fourth-order valence-electron chi connectivity index (χ4n) is 3.02. The van der Waals surface area contributed by atoms with Gasteiger partial charge in [-0.3, -0.25) is 4.79 Å². The van der Waals surface area contributed by atoms with Crippen LogP contribution < -0.4 is 0 Å². The van der Waals surface area contributed by atoms with Gasteiger partial charge in [0, 0.05) is 19.6 Å². The van der Waals surface area contributed by atoms with Crippen molar-refractivity contribution in [2.75, 3.05) is 26.7 Å². The number of rotatable bonds is 2. The molecule has 0 aromatic heterocycles. The highest BCUT2D eigenvalue weighted by Gasteiger charge is 2.42. The molecule has 0 spiro atoms. The van der Waals surface area contributed by atoms with Gasteiger partial charge in [0.25, 0.3) is 0 Å². The van der Waals surface area contributed by atoms with Crippen LogP contribution in [0.4, 0.5) is 4.79 Å². The first-order valence-corrected chi connectivity index (χ1v) is 6.82. The number of nitrogens with zero attached hydrogens (tertiary/aromatic N) is 2. The second-order valence-corrected chi connectivity index (χ2v) is 5.48. The maximum atomic E-state index is 12.4. The number of esters is 1. The molecule has 2 saturated heterocycles. The number of aliphatic carboxylic acids is 1. The lowest BCUT2D eigenvalue weighted by Crippen LogP contribution is -2.47. The standard InChI is InChI=1S/C13H20N2O5/c1-8-6-14(7-9(8)12(18)20-2)13(19)15-5-3-4-10(15)11(16)17/h8-10H,3-7H2,1-2H3,(H,16,17). The Labute approximate surface area is 117 Å². The second-order valence-electron chi connectivity index (χ2n) is 5.48. The summed E-state index contributed by atoms with van der Waals surface area (Å²) in [5, 5.41) is 9.12. The highest BCUT2D eigenvalue weighted by atomic mass is 16.5. The number of hydrogen-bond acceptors (Lipinski definition) is 4. The molecule has 2 amide bonds. The first kappa shape index (κ1) is 14.6. The van der Waals surface area contributed by atoms with Crippen LogP contribution >= 0.6 is 0 Å². The van der Waals surface area contributed by atoms with Gasteiger partial charge in [-0.2, -0.15) is 0 Å². The van der Waals surface area contributed by atoms with Crippen LogP contribution in [0.2, 0.25) is 0 Å². The molecular weight excluding hydrogens is 264 g/mol. The molecule has 0 aromatic carbocycles. The SMILES string of the molecule is COC(=O)C1CN(C(=O)N2CCCC2C(=O)O)CC1C. The molecule has 0 bridgehead atoms. The van der Waals surface area contributed by atoms with E-state index in [1.54, 1.807) is 4.90 Å². The Morgan fingerprint density at radius 2 is 1.95 bits per heavy atom. The number of carbonyl (C=O) groups excluding carboxylic acids is 2. The van der Waals surface area contributed by atoms with Crippen LogP contribution in [-0.4, -0.2) is 65.7 Å². The molecule has 2 aliphatic rings. The number of likely N-dealkylation sites (tertiary alicyclic amines) is 2. The van der Waals surface area contributed by atoms with Crippen LogP contribution in [-0.2, 0) is 14.3 Å². The zero-order valence-electron chi connectivity index (χ0n) is 11.7. The van der Waals surface area contributed by atoms with Crippen molar-refractivity contribution in [2.45, 2.75) is 25.8 Å². The summed E-state index contributed by atoms with van der Waals surface area (Å²) in [5.74, 6) is -1.58. The highest BCUT2D eigenvalue weighted by molar-refractivity contribution is 5.84. The summed E-state index contributed by atoms with van der Waals surface area (Å²) in [6.07, 6.45) is 1.19. The Balaban J connectivity index is 2.04. The molecule has 0 aromatic rings. The van der Waals surface area contributed by atoms with Gasteiger partial charge in [-0.25, -0.2) is 9.59 Å². The van der Waals surface area contributed by atoms with Crippen molar-refractivity contribution in [2.24, 2.45) is 11.8 Å². The van der Waals surface area contributed by atoms with Crippen molar-refractivity contribution < 1.29 is 24.2 Å². The van der Waals surface area contributed by atoms with E-state index in [-0.39, 0.29) is 23.8 Å². The van der Waals surface area contributed by atoms with Gasteiger partial charge in [0.15, 0.2) is 0 Å². The van der Waals surface area contributed by atoms with Gasteiger partial charge in [-0.1, -0.05) is 6.92 Å². The lowest BCUT2D eigenvalue weighted by Gasteiger charge is -2.27. The van der Waals surface area contributed by atoms with Crippen LogP contribution in [0.3, 0.4) is 0 Å². The zero-order valence-corrected chi connectivity index (χ0v) is 11.7. The Kier molecular flexibility index (Phi) is 4.15. The summed E-state index contributed by atoms with van der Waals surface area (Å²) in [6.45, 7) is 3.12. The van der Waals surface area contributed by atoms with Crippen molar-refractivity contribution in [3.05, 3.63) is 0 Å². The molecule has 112 valence electrons. The van der Waals surface area contributed by atoms with Gasteiger partial charge in [0.2, 0.25) is 0 Å². The van der Waals surface area contributed by atoms with E-state index in [2.05, 4.69) is 0 Å². The summed E-state index contributed by atoms with van der Waals surface area (Å²) < 4.78 is 4.73. The maximum Gasteiger partial charge on any atom is 0.326 e. The molecule has 3 atom stereocenters. The average Bonchev–Trinajstić information content (AvgIpc) is 3.03. The summed E-state index contributed by atoms with van der Waals surface area (Å²) in [4.78, 5) is 38.1. The lowest BCUT2D eigenvalue weighted by molar-refractivity contribution is -0.146. The van der Waals surface area contributed by atoms with Crippen molar-refractivity contribution in [1.29, 1.82) is 0 Å². The Morgan fingerprint density at radius 3 is 2.55 bits per heavy atom. The third kappa shape index (κ3) is 2.57. The van der Waals surface area contributed by atoms with Crippen molar-refractivity contribution in [1.82, 2.24) is 9.80 Å². The van der Waals surface area contributed by atoms with Crippen LogP contribution in [0.15, 0.2) is 0 Å². The number of hydrogen-bond donors (Lipinski definition) is 1. The molecule has 3 unspecified atom stereocenters. The van der Waals surface area contributed by atoms with E-state index in [1.165, 1.54) is 12.0 Å². The van der Waals surface area contributed by atoms with E-state index >= 15 is 0 Å². The average molecular weight is 284 g/mol. The van der Waals surface area contributed by atoms with E-state index in [9.17, 15) is 14.4 Å². The monoisotopic (exact) mass is 284 g/mol. The molecule has 2 rings (SSSR count). The predicted octanol–water partition coefficient (Wildman–Crippen LogP) is 0.396. The minimum Gasteiger partial charge on any atom is -0.480 e. The lowest BCUT2D eigenvalue weighted by atomic mass is 9.99. The number of carbonyl (C=O) groups is 3. The first-order chi connectivity index (χ1) is 9.45. The van der Waals surface area contributed by atoms with E-state index < -0.39 is 12.0 Å². The fourth-order valence-corrected chi connectivity index (χ4v) is 3.02. The molecule has 0 saturated carbocycles. The number of carboxylic acid groups (broad SMARTS) is 1. The van der Waals surface area contributed by atoms with Crippen molar-refractivity contribution >= 4 is 18.0 Å². The maximum absolute atomic E-state index is 12.4. The molecule has 0 aliphatic carbocycles. The zero-order chi connectivity index (χ0) is 14.9. The number of urea groups is 1. The number of carboxylic acids is 1. The highest BCUT2D eigenvalue weighted by Crippen LogP contribution is 2.27. The van der Waals surface area contributed by atoms with Crippen molar-refractivity contribution in [3.8, 4) is 0 Å². The topological polar surface area (TPSA) is 87.2 Å². The molecule has 2 fully saturated rings. The van der Waals surface area contributed by atoms with Gasteiger partial charge in [0.1, 0.15) is 6.04 Å². The molecular formula is C13H20N2O5. The van der Waals surface area contributed by atoms with Gasteiger partial charge in [-0.05, 0) is 18.8 Å². The van der Waals surface area contributed by atoms with Gasteiger partial charge in [-0.15, -0.1) is 0 Å². The van der Waals surface area contributed by atoms with Crippen LogP contribution in [0.5, 0.6) is 0 Å². The van der Waals surface area contributed by atoms with Crippen LogP contribution in [0, 0.1) is 11.8 Å². The number of methoxy groups -OCH3 is 1. The van der Waals surface area contributed by atoms with E-state index in [1.807, 2.05) is 6.92 Å². The molecule has 2 aliphatic heterocycles. The Hall–Kier alpha value is -1.79. The van der Waals surface area contributed by atoms with E-state index in [4.69, 9.17) is 9.84 Å². The second kappa shape index (κ2) is 5.68. The quantitative estimate of drug-likeness (QED) is 0.741. The summed E-state index contributed by atoms with van der Waals surface area (Å²) >= 11 is 0. The molecule has 7 nitrogen and oxygen atoms in total.